The molecule has 0 bridgehead atoms. The summed E-state index contributed by atoms with van der Waals surface area (Å²) in [5.41, 5.74) is 1.01. The van der Waals surface area contributed by atoms with Crippen LogP contribution in [0.3, 0.4) is 0 Å². The van der Waals surface area contributed by atoms with E-state index in [9.17, 15) is 14.4 Å². The van der Waals surface area contributed by atoms with Crippen molar-refractivity contribution in [1.29, 1.82) is 0 Å². The molecule has 2 rings (SSSR count). The lowest BCUT2D eigenvalue weighted by Gasteiger charge is -2.20. The Bertz CT molecular complexity index is 1020. The molecule has 0 saturated carbocycles. The van der Waals surface area contributed by atoms with Crippen LogP contribution in [-0.2, 0) is 15.9 Å². The van der Waals surface area contributed by atoms with Crippen LogP contribution in [0.4, 0.5) is 15.3 Å². The number of hydrogen-bond donors (Lipinski definition) is 3. The minimum atomic E-state index is -1.44. The van der Waals surface area contributed by atoms with Gasteiger partial charge in [0.2, 0.25) is 0 Å². The van der Waals surface area contributed by atoms with E-state index in [1.54, 1.807) is 57.2 Å². The Labute approximate surface area is 209 Å². The summed E-state index contributed by atoms with van der Waals surface area (Å²) in [7, 11) is 0. The molecule has 0 saturated heterocycles. The zero-order valence-electron chi connectivity index (χ0n) is 20.2. The van der Waals surface area contributed by atoms with E-state index in [0.717, 1.165) is 12.0 Å². The van der Waals surface area contributed by atoms with Crippen molar-refractivity contribution in [3.63, 3.8) is 0 Å². The van der Waals surface area contributed by atoms with Gasteiger partial charge in [0.05, 0.1) is 17.7 Å². The van der Waals surface area contributed by atoms with Crippen molar-refractivity contribution in [2.45, 2.75) is 52.2 Å². The van der Waals surface area contributed by atoms with E-state index >= 15 is 0 Å². The lowest BCUT2D eigenvalue weighted by Crippen LogP contribution is -2.40. The third kappa shape index (κ3) is 10.1. The molecule has 190 valence electrons. The molecule has 3 N–H and O–H groups in total. The van der Waals surface area contributed by atoms with Crippen LogP contribution in [0.1, 0.15) is 50.0 Å². The van der Waals surface area contributed by atoms with Gasteiger partial charge in [0.1, 0.15) is 18.0 Å². The number of anilines is 1. The molecule has 0 spiro atoms. The number of rotatable bonds is 10. The van der Waals surface area contributed by atoms with Gasteiger partial charge in [-0.15, -0.1) is 0 Å². The van der Waals surface area contributed by atoms with Gasteiger partial charge in [0, 0.05) is 11.3 Å². The molecule has 0 fully saturated rings. The maximum atomic E-state index is 12.8. The molecule has 35 heavy (non-hydrogen) atoms. The summed E-state index contributed by atoms with van der Waals surface area (Å²) in [6.07, 6.45) is -0.907. The van der Waals surface area contributed by atoms with Gasteiger partial charge in [-0.1, -0.05) is 30.7 Å². The van der Waals surface area contributed by atoms with Crippen molar-refractivity contribution >= 4 is 35.4 Å². The number of benzene rings is 2. The van der Waals surface area contributed by atoms with Crippen molar-refractivity contribution in [3.05, 3.63) is 58.6 Å². The Morgan fingerprint density at radius 3 is 2.34 bits per heavy atom. The predicted octanol–water partition coefficient (Wildman–Crippen LogP) is 5.51. The Hall–Kier alpha value is -3.46. The van der Waals surface area contributed by atoms with Gasteiger partial charge in [0.15, 0.2) is 0 Å². The summed E-state index contributed by atoms with van der Waals surface area (Å²) in [5.74, 6) is 0.0482. The molecule has 0 heterocycles. The zero-order chi connectivity index (χ0) is 26.0. The molecule has 9 nitrogen and oxygen atoms in total. The molecule has 0 aliphatic rings. The summed E-state index contributed by atoms with van der Waals surface area (Å²) in [6.45, 7) is 7.54. The van der Waals surface area contributed by atoms with Crippen LogP contribution in [-0.4, -0.2) is 48.1 Å². The van der Waals surface area contributed by atoms with Crippen molar-refractivity contribution in [2.24, 2.45) is 0 Å². The minimum Gasteiger partial charge on any atom is -0.492 e. The smallest absolute Gasteiger partial charge is 0.492 e. The molecule has 1 atom stereocenters. The van der Waals surface area contributed by atoms with E-state index in [-0.39, 0.29) is 13.0 Å². The monoisotopic (exact) mass is 506 g/mol. The molecule has 10 heteroatoms. The van der Waals surface area contributed by atoms with E-state index in [4.69, 9.17) is 30.9 Å². The third-order valence-electron chi connectivity index (χ3n) is 4.48. The predicted molar refractivity (Wildman–Crippen MR) is 132 cm³/mol. The van der Waals surface area contributed by atoms with Crippen molar-refractivity contribution in [2.75, 3.05) is 18.5 Å². The van der Waals surface area contributed by atoms with E-state index in [1.165, 1.54) is 6.07 Å². The quantitative estimate of drug-likeness (QED) is 0.363. The Kier molecular flexibility index (Phi) is 10.2. The number of ether oxygens (including phenoxy) is 3. The second-order valence-electron chi connectivity index (χ2n) is 8.77. The number of carbonyl (C=O) groups excluding carboxylic acids is 2. The first-order valence-corrected chi connectivity index (χ1v) is 11.5. The summed E-state index contributed by atoms with van der Waals surface area (Å²) in [6, 6.07) is 10.9. The van der Waals surface area contributed by atoms with Crippen molar-refractivity contribution in [1.82, 2.24) is 5.32 Å². The van der Waals surface area contributed by atoms with Gasteiger partial charge in [-0.05, 0) is 69.5 Å². The van der Waals surface area contributed by atoms with E-state index in [2.05, 4.69) is 10.6 Å². The number of carboxylic acid groups (broad SMARTS) is 1. The van der Waals surface area contributed by atoms with Gasteiger partial charge in [0.25, 0.3) is 5.91 Å². The summed E-state index contributed by atoms with van der Waals surface area (Å²) >= 11 is 6.22. The summed E-state index contributed by atoms with van der Waals surface area (Å²) in [5, 5.41) is 14.6. The third-order valence-corrected chi connectivity index (χ3v) is 4.78. The van der Waals surface area contributed by atoms with Crippen LogP contribution in [0, 0.1) is 0 Å². The standard InChI is InChI=1S/C25H31ClN2O7/c1-5-12-33-21-11-8-17(14-20(21)26)22(29)27-19(15-34-24(31)32)13-16-6-9-18(10-7-16)28-23(30)35-25(2,3)4/h6-11,14,19H,5,12-13,15H2,1-4H3,(H,27,29)(H,28,30)(H,31,32)/t19-/m0/s1. The van der Waals surface area contributed by atoms with E-state index < -0.39 is 29.8 Å². The highest BCUT2D eigenvalue weighted by Crippen LogP contribution is 2.25. The maximum absolute atomic E-state index is 12.8. The number of carbonyl (C=O) groups is 3. The number of halogens is 1. The van der Waals surface area contributed by atoms with Crippen LogP contribution >= 0.6 is 11.6 Å². The summed E-state index contributed by atoms with van der Waals surface area (Å²) < 4.78 is 15.4. The highest BCUT2D eigenvalue weighted by atomic mass is 35.5. The van der Waals surface area contributed by atoms with E-state index in [1.807, 2.05) is 6.92 Å². The molecule has 2 aromatic carbocycles. The molecule has 0 unspecified atom stereocenters. The number of hydrogen-bond acceptors (Lipinski definition) is 6. The largest absolute Gasteiger partial charge is 0.505 e. The van der Waals surface area contributed by atoms with Crippen molar-refractivity contribution < 1.29 is 33.7 Å². The normalized spacial score (nSPS) is 11.8. The zero-order valence-corrected chi connectivity index (χ0v) is 21.0. The SMILES string of the molecule is CCCOc1ccc(C(=O)N[C@H](COC(=O)O)Cc2ccc(NC(=O)OC(C)(C)C)cc2)cc1Cl. The first-order chi connectivity index (χ1) is 16.5. The van der Waals surface area contributed by atoms with Gasteiger partial charge in [-0.2, -0.15) is 0 Å². The second-order valence-corrected chi connectivity index (χ2v) is 9.18. The van der Waals surface area contributed by atoms with Crippen LogP contribution in [0.25, 0.3) is 0 Å². The lowest BCUT2D eigenvalue weighted by molar-refractivity contribution is 0.0635. The first kappa shape index (κ1) is 27.8. The molecular formula is C25H31ClN2O7. The molecule has 0 radical (unpaired) electrons. The molecule has 2 aromatic rings. The Morgan fingerprint density at radius 2 is 1.77 bits per heavy atom. The Balaban J connectivity index is 2.06. The van der Waals surface area contributed by atoms with E-state index in [0.29, 0.717) is 28.6 Å². The molecular weight excluding hydrogens is 476 g/mol. The van der Waals surface area contributed by atoms with Gasteiger partial charge in [-0.25, -0.2) is 9.59 Å². The highest BCUT2D eigenvalue weighted by Gasteiger charge is 2.19. The first-order valence-electron chi connectivity index (χ1n) is 11.1. The fourth-order valence-electron chi connectivity index (χ4n) is 2.99. The second kappa shape index (κ2) is 12.9. The van der Waals surface area contributed by atoms with Gasteiger partial charge >= 0.3 is 12.2 Å². The lowest BCUT2D eigenvalue weighted by atomic mass is 10.1. The molecule has 0 aliphatic heterocycles. The minimum absolute atomic E-state index is 0.246. The van der Waals surface area contributed by atoms with Gasteiger partial charge in [-0.3, -0.25) is 10.1 Å². The van der Waals surface area contributed by atoms with Crippen LogP contribution < -0.4 is 15.4 Å². The van der Waals surface area contributed by atoms with Crippen LogP contribution in [0.2, 0.25) is 5.02 Å². The maximum Gasteiger partial charge on any atom is 0.505 e. The average Bonchev–Trinajstić information content (AvgIpc) is 2.76. The Morgan fingerprint density at radius 1 is 1.09 bits per heavy atom. The van der Waals surface area contributed by atoms with Crippen molar-refractivity contribution in [3.8, 4) is 5.75 Å². The molecule has 0 aliphatic carbocycles. The fourth-order valence-corrected chi connectivity index (χ4v) is 3.23. The van der Waals surface area contributed by atoms with Crippen LogP contribution in [0.5, 0.6) is 5.75 Å². The highest BCUT2D eigenvalue weighted by molar-refractivity contribution is 6.32. The number of nitrogens with one attached hydrogen (secondary N) is 2. The fraction of sp³-hybridized carbons (Fsp3) is 0.400. The summed E-state index contributed by atoms with van der Waals surface area (Å²) in [4.78, 5) is 35.6. The average molecular weight is 507 g/mol. The van der Waals surface area contributed by atoms with Crippen LogP contribution in [0.15, 0.2) is 42.5 Å². The number of amides is 2. The van der Waals surface area contributed by atoms with Gasteiger partial charge < -0.3 is 24.6 Å². The molecule has 2 amide bonds. The molecule has 0 aromatic heterocycles. The topological polar surface area (TPSA) is 123 Å².